The van der Waals surface area contributed by atoms with Gasteiger partial charge < -0.3 is 14.8 Å². The average Bonchev–Trinajstić information content (AvgIpc) is 2.80. The van der Waals surface area contributed by atoms with Crippen LogP contribution in [0.4, 0.5) is 0 Å². The summed E-state index contributed by atoms with van der Waals surface area (Å²) in [5, 5.41) is 2.98. The third-order valence-electron chi connectivity index (χ3n) is 5.68. The molecule has 0 unspecified atom stereocenters. The van der Waals surface area contributed by atoms with E-state index in [9.17, 15) is 9.59 Å². The number of likely N-dealkylation sites (tertiary alicyclic amines) is 1. The fourth-order valence-electron chi connectivity index (χ4n) is 3.93. The Kier molecular flexibility index (Phi) is 8.87. The van der Waals surface area contributed by atoms with Crippen molar-refractivity contribution in [2.75, 3.05) is 26.7 Å². The summed E-state index contributed by atoms with van der Waals surface area (Å²) in [6.07, 6.45) is 6.59. The quantitative estimate of drug-likeness (QED) is 0.365. The van der Waals surface area contributed by atoms with E-state index in [-0.39, 0.29) is 5.91 Å². The van der Waals surface area contributed by atoms with Crippen molar-refractivity contribution in [3.05, 3.63) is 65.7 Å². The van der Waals surface area contributed by atoms with E-state index in [0.717, 1.165) is 31.6 Å². The van der Waals surface area contributed by atoms with Gasteiger partial charge in [0, 0.05) is 26.1 Å². The zero-order chi connectivity index (χ0) is 22.8. The number of hydrogen-bond donors (Lipinski definition) is 1. The molecule has 1 aliphatic heterocycles. The second-order valence-electron chi connectivity index (χ2n) is 8.12. The van der Waals surface area contributed by atoms with Gasteiger partial charge in [-0.05, 0) is 67.6 Å². The second kappa shape index (κ2) is 12.1. The van der Waals surface area contributed by atoms with Gasteiger partial charge in [-0.2, -0.15) is 0 Å². The number of carbonyl (C=O) groups excluding carboxylic acids is 2. The Labute approximate surface area is 190 Å². The van der Waals surface area contributed by atoms with Crippen LogP contribution in [0.25, 0.3) is 6.08 Å². The molecule has 0 saturated carbocycles. The first kappa shape index (κ1) is 23.5. The molecule has 1 saturated heterocycles. The Hall–Kier alpha value is -3.12. The minimum absolute atomic E-state index is 0.116. The van der Waals surface area contributed by atoms with Gasteiger partial charge in [0.05, 0.1) is 7.11 Å². The van der Waals surface area contributed by atoms with E-state index in [0.29, 0.717) is 24.0 Å². The monoisotopic (exact) mass is 436 g/mol. The summed E-state index contributed by atoms with van der Waals surface area (Å²) in [7, 11) is 1.51. The number of carbonyl (C=O) groups is 2. The van der Waals surface area contributed by atoms with E-state index in [1.807, 2.05) is 0 Å². The van der Waals surface area contributed by atoms with Gasteiger partial charge in [-0.3, -0.25) is 14.5 Å². The number of esters is 1. The molecule has 1 fully saturated rings. The van der Waals surface area contributed by atoms with Gasteiger partial charge >= 0.3 is 5.97 Å². The topological polar surface area (TPSA) is 67.9 Å². The molecular formula is C26H32N2O4. The van der Waals surface area contributed by atoms with Gasteiger partial charge in [0.15, 0.2) is 11.5 Å². The second-order valence-corrected chi connectivity index (χ2v) is 8.12. The third kappa shape index (κ3) is 7.54. The number of nitrogens with zero attached hydrogens (tertiary/aromatic N) is 1. The molecule has 0 aliphatic carbocycles. The van der Waals surface area contributed by atoms with Crippen molar-refractivity contribution in [1.29, 1.82) is 0 Å². The van der Waals surface area contributed by atoms with Crippen LogP contribution in [0.5, 0.6) is 11.5 Å². The van der Waals surface area contributed by atoms with E-state index < -0.39 is 5.97 Å². The molecule has 3 rings (SSSR count). The van der Waals surface area contributed by atoms with E-state index in [2.05, 4.69) is 40.5 Å². The molecule has 1 amide bonds. The molecule has 0 bridgehead atoms. The fourth-order valence-corrected chi connectivity index (χ4v) is 3.93. The van der Waals surface area contributed by atoms with E-state index in [1.165, 1.54) is 38.5 Å². The number of amides is 1. The van der Waals surface area contributed by atoms with Crippen molar-refractivity contribution in [2.24, 2.45) is 5.92 Å². The van der Waals surface area contributed by atoms with Gasteiger partial charge in [0.1, 0.15) is 0 Å². The Morgan fingerprint density at radius 2 is 1.84 bits per heavy atom. The van der Waals surface area contributed by atoms with Crippen molar-refractivity contribution in [3.8, 4) is 11.5 Å². The first-order valence-corrected chi connectivity index (χ1v) is 11.1. The highest BCUT2D eigenvalue weighted by atomic mass is 16.6. The standard InChI is InChI=1S/C26H32N2O4/c1-20(29)32-24-10-8-22(18-25(24)31-2)9-11-26(30)27-15-12-21-13-16-28(17-14-21)19-23-6-4-3-5-7-23/h3-11,18,21H,12-17,19H2,1-2H3,(H,27,30)/b11-9+. The molecule has 0 spiro atoms. The molecule has 1 N–H and O–H groups in total. The molecule has 2 aromatic rings. The molecule has 2 aromatic carbocycles. The molecule has 0 aromatic heterocycles. The lowest BCUT2D eigenvalue weighted by Gasteiger charge is -2.32. The first-order chi connectivity index (χ1) is 15.5. The molecule has 0 atom stereocenters. The minimum atomic E-state index is -0.409. The fraction of sp³-hybridized carbons (Fsp3) is 0.385. The summed E-state index contributed by atoms with van der Waals surface area (Å²) in [6, 6.07) is 15.7. The number of ether oxygens (including phenoxy) is 2. The summed E-state index contributed by atoms with van der Waals surface area (Å²) in [5.74, 6) is 0.935. The van der Waals surface area contributed by atoms with Crippen molar-refractivity contribution in [3.63, 3.8) is 0 Å². The maximum absolute atomic E-state index is 12.2. The summed E-state index contributed by atoms with van der Waals surface area (Å²) < 4.78 is 10.3. The lowest BCUT2D eigenvalue weighted by molar-refractivity contribution is -0.132. The Morgan fingerprint density at radius 3 is 2.53 bits per heavy atom. The number of rotatable bonds is 9. The highest BCUT2D eigenvalue weighted by molar-refractivity contribution is 5.91. The lowest BCUT2D eigenvalue weighted by atomic mass is 9.93. The Morgan fingerprint density at radius 1 is 1.09 bits per heavy atom. The number of benzene rings is 2. The maximum Gasteiger partial charge on any atom is 0.308 e. The molecular weight excluding hydrogens is 404 g/mol. The van der Waals surface area contributed by atoms with Gasteiger partial charge in [0.2, 0.25) is 5.91 Å². The van der Waals surface area contributed by atoms with Crippen molar-refractivity contribution in [2.45, 2.75) is 32.7 Å². The predicted octanol–water partition coefficient (Wildman–Crippen LogP) is 4.05. The van der Waals surface area contributed by atoms with Gasteiger partial charge in [-0.25, -0.2) is 0 Å². The summed E-state index contributed by atoms with van der Waals surface area (Å²) >= 11 is 0. The predicted molar refractivity (Wildman–Crippen MR) is 125 cm³/mol. The van der Waals surface area contributed by atoms with Crippen LogP contribution in [0.15, 0.2) is 54.6 Å². The Bertz CT molecular complexity index is 919. The highest BCUT2D eigenvalue weighted by Gasteiger charge is 2.19. The molecule has 1 heterocycles. The van der Waals surface area contributed by atoms with Crippen LogP contribution in [0.1, 0.15) is 37.3 Å². The zero-order valence-corrected chi connectivity index (χ0v) is 18.9. The number of methoxy groups -OCH3 is 1. The van der Waals surface area contributed by atoms with Crippen molar-refractivity contribution < 1.29 is 19.1 Å². The van der Waals surface area contributed by atoms with Crippen molar-refractivity contribution in [1.82, 2.24) is 10.2 Å². The molecule has 6 nitrogen and oxygen atoms in total. The van der Waals surface area contributed by atoms with Crippen LogP contribution in [0.3, 0.4) is 0 Å². The van der Waals surface area contributed by atoms with Crippen LogP contribution in [-0.4, -0.2) is 43.5 Å². The molecule has 170 valence electrons. The summed E-state index contributed by atoms with van der Waals surface area (Å²) in [5.41, 5.74) is 2.15. The molecule has 1 aliphatic rings. The van der Waals surface area contributed by atoms with Gasteiger partial charge in [-0.1, -0.05) is 36.4 Å². The van der Waals surface area contributed by atoms with Crippen LogP contribution in [-0.2, 0) is 16.1 Å². The number of nitrogens with one attached hydrogen (secondary N) is 1. The summed E-state index contributed by atoms with van der Waals surface area (Å²) in [6.45, 7) is 5.26. The third-order valence-corrected chi connectivity index (χ3v) is 5.68. The normalized spacial score (nSPS) is 14.9. The van der Waals surface area contributed by atoms with E-state index in [4.69, 9.17) is 9.47 Å². The number of hydrogen-bond acceptors (Lipinski definition) is 5. The van der Waals surface area contributed by atoms with Crippen LogP contribution >= 0.6 is 0 Å². The minimum Gasteiger partial charge on any atom is -0.493 e. The SMILES string of the molecule is COc1cc(/C=C/C(=O)NCCC2CCN(Cc3ccccc3)CC2)ccc1OC(C)=O. The average molecular weight is 437 g/mol. The molecule has 6 heteroatoms. The van der Waals surface area contributed by atoms with E-state index >= 15 is 0 Å². The smallest absolute Gasteiger partial charge is 0.308 e. The summed E-state index contributed by atoms with van der Waals surface area (Å²) in [4.78, 5) is 25.8. The Balaban J connectivity index is 1.37. The maximum atomic E-state index is 12.2. The molecule has 0 radical (unpaired) electrons. The van der Waals surface area contributed by atoms with Gasteiger partial charge in [0.25, 0.3) is 0 Å². The van der Waals surface area contributed by atoms with Crippen LogP contribution < -0.4 is 14.8 Å². The largest absolute Gasteiger partial charge is 0.493 e. The molecule has 32 heavy (non-hydrogen) atoms. The lowest BCUT2D eigenvalue weighted by Crippen LogP contribution is -2.34. The van der Waals surface area contributed by atoms with E-state index in [1.54, 1.807) is 24.3 Å². The van der Waals surface area contributed by atoms with Crippen LogP contribution in [0.2, 0.25) is 0 Å². The van der Waals surface area contributed by atoms with Crippen LogP contribution in [0, 0.1) is 5.92 Å². The number of piperidine rings is 1. The van der Waals surface area contributed by atoms with Crippen molar-refractivity contribution >= 4 is 18.0 Å². The first-order valence-electron chi connectivity index (χ1n) is 11.1. The van der Waals surface area contributed by atoms with Gasteiger partial charge in [-0.15, -0.1) is 0 Å². The zero-order valence-electron chi connectivity index (χ0n) is 18.9. The highest BCUT2D eigenvalue weighted by Crippen LogP contribution is 2.28.